The third-order valence-electron chi connectivity index (χ3n) is 1.99. The van der Waals surface area contributed by atoms with Gasteiger partial charge in [0.25, 0.3) is 0 Å². The Hall–Kier alpha value is -1.33. The van der Waals surface area contributed by atoms with Crippen molar-refractivity contribution >= 4 is 0 Å². The van der Waals surface area contributed by atoms with Crippen molar-refractivity contribution in [3.8, 4) is 11.8 Å². The number of aryl methyl sites for hydroxylation is 1. The van der Waals surface area contributed by atoms with Crippen LogP contribution >= 0.6 is 0 Å². The largest absolute Gasteiger partial charge is 0.323 e. The fourth-order valence-electron chi connectivity index (χ4n) is 1.31. The Balaban J connectivity index is 2.87. The molecule has 0 aliphatic rings. The van der Waals surface area contributed by atoms with Gasteiger partial charge in [-0.25, -0.2) is 4.39 Å². The molecule has 0 radical (unpaired) electrons. The SMILES string of the molecule is CC#CCC(N)c1cc(C)cc(F)c1. The van der Waals surface area contributed by atoms with Crippen LogP contribution < -0.4 is 5.73 Å². The summed E-state index contributed by atoms with van der Waals surface area (Å²) in [5, 5.41) is 0. The van der Waals surface area contributed by atoms with Crippen molar-refractivity contribution in [3.63, 3.8) is 0 Å². The molecule has 0 heterocycles. The molecule has 1 nitrogen and oxygen atoms in total. The first-order chi connectivity index (χ1) is 6.63. The Morgan fingerprint density at radius 2 is 2.14 bits per heavy atom. The van der Waals surface area contributed by atoms with Gasteiger partial charge < -0.3 is 5.73 Å². The average Bonchev–Trinajstić information content (AvgIpc) is 2.12. The molecule has 1 unspecified atom stereocenters. The minimum Gasteiger partial charge on any atom is -0.323 e. The van der Waals surface area contributed by atoms with Crippen LogP contribution in [-0.2, 0) is 0 Å². The Morgan fingerprint density at radius 3 is 2.71 bits per heavy atom. The molecular formula is C12H14FN. The van der Waals surface area contributed by atoms with Crippen LogP contribution in [0.5, 0.6) is 0 Å². The maximum absolute atomic E-state index is 13.0. The predicted molar refractivity (Wildman–Crippen MR) is 56.1 cm³/mol. The molecule has 0 bridgehead atoms. The van der Waals surface area contributed by atoms with E-state index in [0.29, 0.717) is 6.42 Å². The van der Waals surface area contributed by atoms with E-state index in [1.54, 1.807) is 6.92 Å². The van der Waals surface area contributed by atoms with E-state index in [-0.39, 0.29) is 11.9 Å². The van der Waals surface area contributed by atoms with Gasteiger partial charge in [-0.1, -0.05) is 6.07 Å². The lowest BCUT2D eigenvalue weighted by molar-refractivity contribution is 0.619. The second-order valence-corrected chi connectivity index (χ2v) is 3.30. The van der Waals surface area contributed by atoms with Crippen LogP contribution in [0.4, 0.5) is 4.39 Å². The van der Waals surface area contributed by atoms with E-state index in [0.717, 1.165) is 11.1 Å². The number of nitrogens with two attached hydrogens (primary N) is 1. The number of hydrogen-bond donors (Lipinski definition) is 1. The van der Waals surface area contributed by atoms with E-state index in [1.165, 1.54) is 12.1 Å². The van der Waals surface area contributed by atoms with Crippen LogP contribution in [0.1, 0.15) is 30.5 Å². The van der Waals surface area contributed by atoms with Gasteiger partial charge in [0.15, 0.2) is 0 Å². The van der Waals surface area contributed by atoms with Crippen LogP contribution in [0, 0.1) is 24.6 Å². The maximum Gasteiger partial charge on any atom is 0.123 e. The summed E-state index contributed by atoms with van der Waals surface area (Å²) in [6.07, 6.45) is 0.569. The zero-order valence-corrected chi connectivity index (χ0v) is 8.47. The van der Waals surface area contributed by atoms with E-state index in [2.05, 4.69) is 11.8 Å². The Labute approximate surface area is 84.1 Å². The van der Waals surface area contributed by atoms with E-state index < -0.39 is 0 Å². The highest BCUT2D eigenvalue weighted by atomic mass is 19.1. The normalized spacial score (nSPS) is 11.7. The van der Waals surface area contributed by atoms with Crippen molar-refractivity contribution in [2.24, 2.45) is 5.73 Å². The van der Waals surface area contributed by atoms with Gasteiger partial charge in [-0.05, 0) is 37.1 Å². The van der Waals surface area contributed by atoms with Gasteiger partial charge in [-0.15, -0.1) is 11.8 Å². The van der Waals surface area contributed by atoms with Gasteiger partial charge >= 0.3 is 0 Å². The molecule has 1 rings (SSSR count). The highest BCUT2D eigenvalue weighted by Gasteiger charge is 2.06. The molecule has 0 saturated heterocycles. The average molecular weight is 191 g/mol. The van der Waals surface area contributed by atoms with Crippen LogP contribution in [0.3, 0.4) is 0 Å². The lowest BCUT2D eigenvalue weighted by Crippen LogP contribution is -2.09. The van der Waals surface area contributed by atoms with E-state index in [4.69, 9.17) is 5.73 Å². The zero-order chi connectivity index (χ0) is 10.6. The van der Waals surface area contributed by atoms with E-state index in [1.807, 2.05) is 13.0 Å². The fourth-order valence-corrected chi connectivity index (χ4v) is 1.31. The van der Waals surface area contributed by atoms with Crippen LogP contribution in [0.15, 0.2) is 18.2 Å². The summed E-state index contributed by atoms with van der Waals surface area (Å²) in [4.78, 5) is 0. The van der Waals surface area contributed by atoms with Crippen molar-refractivity contribution in [2.45, 2.75) is 26.3 Å². The van der Waals surface area contributed by atoms with Crippen molar-refractivity contribution in [2.75, 3.05) is 0 Å². The molecule has 0 amide bonds. The summed E-state index contributed by atoms with van der Waals surface area (Å²) < 4.78 is 13.0. The molecule has 0 aliphatic heterocycles. The van der Waals surface area contributed by atoms with Crippen molar-refractivity contribution in [1.82, 2.24) is 0 Å². The standard InChI is InChI=1S/C12H14FN/c1-3-4-5-12(14)10-6-9(2)7-11(13)8-10/h6-8,12H,5,14H2,1-2H3. The quantitative estimate of drug-likeness (QED) is 0.714. The number of hydrogen-bond acceptors (Lipinski definition) is 1. The van der Waals surface area contributed by atoms with Crippen molar-refractivity contribution in [3.05, 3.63) is 35.1 Å². The first-order valence-electron chi connectivity index (χ1n) is 4.55. The topological polar surface area (TPSA) is 26.0 Å². The second-order valence-electron chi connectivity index (χ2n) is 3.30. The molecule has 1 aromatic rings. The monoisotopic (exact) mass is 191 g/mol. The van der Waals surface area contributed by atoms with Crippen molar-refractivity contribution in [1.29, 1.82) is 0 Å². The molecule has 0 spiro atoms. The molecule has 0 fully saturated rings. The molecule has 2 heteroatoms. The van der Waals surface area contributed by atoms with E-state index >= 15 is 0 Å². The summed E-state index contributed by atoms with van der Waals surface area (Å²) in [6.45, 7) is 3.62. The summed E-state index contributed by atoms with van der Waals surface area (Å²) in [6, 6.07) is 4.65. The van der Waals surface area contributed by atoms with Gasteiger partial charge in [-0.2, -0.15) is 0 Å². The summed E-state index contributed by atoms with van der Waals surface area (Å²) in [5.41, 5.74) is 7.55. The lowest BCUT2D eigenvalue weighted by atomic mass is 10.0. The fraction of sp³-hybridized carbons (Fsp3) is 0.333. The minimum absolute atomic E-state index is 0.197. The van der Waals surface area contributed by atoms with E-state index in [9.17, 15) is 4.39 Å². The lowest BCUT2D eigenvalue weighted by Gasteiger charge is -2.09. The minimum atomic E-state index is -0.236. The highest BCUT2D eigenvalue weighted by molar-refractivity contribution is 5.26. The molecule has 0 aromatic heterocycles. The van der Waals surface area contributed by atoms with Gasteiger partial charge in [0, 0.05) is 12.5 Å². The van der Waals surface area contributed by atoms with Gasteiger partial charge in [0.1, 0.15) is 5.82 Å². The Kier molecular flexibility index (Phi) is 3.67. The summed E-state index contributed by atoms with van der Waals surface area (Å²) in [5.74, 6) is 5.43. The first-order valence-corrected chi connectivity index (χ1v) is 4.55. The second kappa shape index (κ2) is 4.78. The molecular weight excluding hydrogens is 177 g/mol. The molecule has 1 aromatic carbocycles. The predicted octanol–water partition coefficient (Wildman–Crippen LogP) is 2.55. The number of benzene rings is 1. The molecule has 74 valence electrons. The van der Waals surface area contributed by atoms with Crippen molar-refractivity contribution < 1.29 is 4.39 Å². The summed E-state index contributed by atoms with van der Waals surface area (Å²) in [7, 11) is 0. The van der Waals surface area contributed by atoms with Gasteiger partial charge in [0.2, 0.25) is 0 Å². The Bertz CT molecular complexity index is 353. The molecule has 14 heavy (non-hydrogen) atoms. The highest BCUT2D eigenvalue weighted by Crippen LogP contribution is 2.16. The number of rotatable bonds is 2. The first kappa shape index (κ1) is 10.7. The zero-order valence-electron chi connectivity index (χ0n) is 8.47. The smallest absolute Gasteiger partial charge is 0.123 e. The third kappa shape index (κ3) is 2.86. The molecule has 1 atom stereocenters. The molecule has 0 saturated carbocycles. The number of halogens is 1. The van der Waals surface area contributed by atoms with Gasteiger partial charge in [-0.3, -0.25) is 0 Å². The van der Waals surface area contributed by atoms with Crippen LogP contribution in [0.25, 0.3) is 0 Å². The Morgan fingerprint density at radius 1 is 1.43 bits per heavy atom. The summed E-state index contributed by atoms with van der Waals surface area (Å²) >= 11 is 0. The van der Waals surface area contributed by atoms with Crippen LogP contribution in [-0.4, -0.2) is 0 Å². The maximum atomic E-state index is 13.0. The molecule has 2 N–H and O–H groups in total. The molecule has 0 aliphatic carbocycles. The van der Waals surface area contributed by atoms with Crippen LogP contribution in [0.2, 0.25) is 0 Å². The third-order valence-corrected chi connectivity index (χ3v) is 1.99. The van der Waals surface area contributed by atoms with Gasteiger partial charge in [0.05, 0.1) is 0 Å².